The van der Waals surface area contributed by atoms with Crippen LogP contribution in [0.5, 0.6) is 0 Å². The van der Waals surface area contributed by atoms with Crippen molar-refractivity contribution in [2.45, 2.75) is 32.4 Å². The molecule has 0 bridgehead atoms. The molecule has 6 heteroatoms. The molecule has 0 aromatic carbocycles. The lowest BCUT2D eigenvalue weighted by Gasteiger charge is -2.20. The molecule has 2 N–H and O–H groups in total. The van der Waals surface area contributed by atoms with Gasteiger partial charge in [0.1, 0.15) is 0 Å². The van der Waals surface area contributed by atoms with E-state index in [4.69, 9.17) is 4.74 Å². The minimum Gasteiger partial charge on any atom is -0.389 e. The third-order valence-corrected chi connectivity index (χ3v) is 3.96. The number of rotatable bonds is 10. The number of aryl methyl sites for hydroxylation is 1. The molecule has 0 fully saturated rings. The molecule has 116 valence electrons. The van der Waals surface area contributed by atoms with Crippen molar-refractivity contribution in [1.82, 2.24) is 15.2 Å². The second-order valence-corrected chi connectivity index (χ2v) is 6.35. The molecule has 1 aromatic heterocycles. The maximum atomic E-state index is 9.83. The fourth-order valence-electron chi connectivity index (χ4n) is 1.96. The van der Waals surface area contributed by atoms with Crippen molar-refractivity contribution < 1.29 is 9.84 Å². The molecule has 0 radical (unpaired) electrons. The number of likely N-dealkylation sites (N-methyl/N-ethyl adjacent to an activating group) is 1. The van der Waals surface area contributed by atoms with E-state index in [2.05, 4.69) is 22.1 Å². The van der Waals surface area contributed by atoms with Crippen molar-refractivity contribution in [2.75, 3.05) is 40.4 Å². The van der Waals surface area contributed by atoms with Gasteiger partial charge in [-0.3, -0.25) is 0 Å². The third-order valence-electron chi connectivity index (χ3n) is 2.97. The molecule has 1 heterocycles. The molecule has 0 aliphatic carbocycles. The molecule has 0 amide bonds. The van der Waals surface area contributed by atoms with Gasteiger partial charge in [0, 0.05) is 30.4 Å². The molecule has 0 saturated heterocycles. The first-order valence-electron chi connectivity index (χ1n) is 7.02. The number of nitrogens with one attached hydrogen (secondary N) is 1. The van der Waals surface area contributed by atoms with Crippen LogP contribution in [0.1, 0.15) is 17.5 Å². The Bertz CT molecular complexity index is 371. The number of nitrogens with zero attached hydrogens (tertiary/aromatic N) is 2. The molecule has 1 rings (SSSR count). The van der Waals surface area contributed by atoms with Gasteiger partial charge in [0.15, 0.2) is 0 Å². The van der Waals surface area contributed by atoms with E-state index in [1.54, 1.807) is 11.3 Å². The summed E-state index contributed by atoms with van der Waals surface area (Å²) in [5, 5.41) is 13.1. The monoisotopic (exact) mass is 301 g/mol. The normalized spacial score (nSPS) is 14.7. The van der Waals surface area contributed by atoms with E-state index >= 15 is 0 Å². The van der Waals surface area contributed by atoms with Gasteiger partial charge in [-0.2, -0.15) is 0 Å². The van der Waals surface area contributed by atoms with E-state index in [1.807, 2.05) is 26.5 Å². The smallest absolute Gasteiger partial charge is 0.0897 e. The summed E-state index contributed by atoms with van der Waals surface area (Å²) in [7, 11) is 4.08. The summed E-state index contributed by atoms with van der Waals surface area (Å²) >= 11 is 1.66. The van der Waals surface area contributed by atoms with Crippen molar-refractivity contribution in [3.8, 4) is 0 Å². The summed E-state index contributed by atoms with van der Waals surface area (Å²) in [6.45, 7) is 6.65. The SMILES string of the molecule is Cc1ncsc1CCOCC(O)CNC(C)CN(C)C. The van der Waals surface area contributed by atoms with Crippen LogP contribution in [-0.2, 0) is 11.2 Å². The standard InChI is InChI=1S/C14H27N3O2S/c1-11(8-17(3)4)15-7-13(18)9-19-6-5-14-12(2)16-10-20-14/h10-11,13,15,18H,5-9H2,1-4H3. The van der Waals surface area contributed by atoms with E-state index in [0.717, 1.165) is 18.7 Å². The molecule has 0 aliphatic heterocycles. The van der Waals surface area contributed by atoms with Gasteiger partial charge < -0.3 is 20.1 Å². The first-order chi connectivity index (χ1) is 9.49. The highest BCUT2D eigenvalue weighted by atomic mass is 32.1. The summed E-state index contributed by atoms with van der Waals surface area (Å²) in [4.78, 5) is 7.59. The lowest BCUT2D eigenvalue weighted by molar-refractivity contribution is 0.0370. The molecule has 0 spiro atoms. The zero-order chi connectivity index (χ0) is 15.0. The van der Waals surface area contributed by atoms with E-state index in [0.29, 0.717) is 25.8 Å². The predicted molar refractivity (Wildman–Crippen MR) is 83.4 cm³/mol. The van der Waals surface area contributed by atoms with Crippen LogP contribution in [-0.4, -0.2) is 67.5 Å². The first-order valence-corrected chi connectivity index (χ1v) is 7.90. The van der Waals surface area contributed by atoms with Crippen LogP contribution in [0, 0.1) is 6.92 Å². The van der Waals surface area contributed by atoms with E-state index in [-0.39, 0.29) is 0 Å². The molecule has 5 nitrogen and oxygen atoms in total. The molecule has 20 heavy (non-hydrogen) atoms. The molecular weight excluding hydrogens is 274 g/mol. The average molecular weight is 301 g/mol. The maximum absolute atomic E-state index is 9.83. The molecule has 1 aromatic rings. The highest BCUT2D eigenvalue weighted by Crippen LogP contribution is 2.12. The van der Waals surface area contributed by atoms with Crippen molar-refractivity contribution in [3.63, 3.8) is 0 Å². The van der Waals surface area contributed by atoms with Gasteiger partial charge in [0.25, 0.3) is 0 Å². The summed E-state index contributed by atoms with van der Waals surface area (Å²) in [6.07, 6.45) is 0.412. The van der Waals surface area contributed by atoms with Crippen molar-refractivity contribution in [3.05, 3.63) is 16.1 Å². The third kappa shape index (κ3) is 7.31. The number of aliphatic hydroxyl groups excluding tert-OH is 1. The Hall–Kier alpha value is -0.530. The molecule has 0 saturated carbocycles. The lowest BCUT2D eigenvalue weighted by atomic mass is 10.3. The molecule has 0 aliphatic rings. The number of hydrogen-bond acceptors (Lipinski definition) is 6. The van der Waals surface area contributed by atoms with Gasteiger partial charge >= 0.3 is 0 Å². The van der Waals surface area contributed by atoms with Crippen molar-refractivity contribution in [1.29, 1.82) is 0 Å². The fourth-order valence-corrected chi connectivity index (χ4v) is 2.72. The number of aliphatic hydroxyl groups is 1. The second kappa shape index (κ2) is 9.41. The topological polar surface area (TPSA) is 57.6 Å². The van der Waals surface area contributed by atoms with Crippen LogP contribution in [0.25, 0.3) is 0 Å². The predicted octanol–water partition coefficient (Wildman–Crippen LogP) is 0.911. The van der Waals surface area contributed by atoms with Gasteiger partial charge in [0.2, 0.25) is 0 Å². The summed E-state index contributed by atoms with van der Waals surface area (Å²) in [5.41, 5.74) is 2.94. The van der Waals surface area contributed by atoms with Crippen LogP contribution in [0.4, 0.5) is 0 Å². The van der Waals surface area contributed by atoms with Gasteiger partial charge in [0.05, 0.1) is 30.5 Å². The van der Waals surface area contributed by atoms with Crippen LogP contribution in [0.2, 0.25) is 0 Å². The molecule has 2 atom stereocenters. The summed E-state index contributed by atoms with van der Waals surface area (Å²) in [6, 6.07) is 0.361. The van der Waals surface area contributed by atoms with Crippen LogP contribution >= 0.6 is 11.3 Å². The van der Waals surface area contributed by atoms with E-state index in [9.17, 15) is 5.11 Å². The van der Waals surface area contributed by atoms with Crippen molar-refractivity contribution in [2.24, 2.45) is 0 Å². The van der Waals surface area contributed by atoms with Crippen molar-refractivity contribution >= 4 is 11.3 Å². The first kappa shape index (κ1) is 17.5. The Balaban J connectivity index is 2.05. The largest absolute Gasteiger partial charge is 0.389 e. The van der Waals surface area contributed by atoms with Gasteiger partial charge in [-0.1, -0.05) is 0 Å². The number of aromatic nitrogens is 1. The van der Waals surface area contributed by atoms with Gasteiger partial charge in [-0.25, -0.2) is 4.98 Å². The Morgan fingerprint density at radius 2 is 2.25 bits per heavy atom. The van der Waals surface area contributed by atoms with Crippen LogP contribution in [0.3, 0.4) is 0 Å². The van der Waals surface area contributed by atoms with Gasteiger partial charge in [-0.05, 0) is 27.9 Å². The number of thiazole rings is 1. The zero-order valence-corrected chi connectivity index (χ0v) is 13.7. The maximum Gasteiger partial charge on any atom is 0.0897 e. The Morgan fingerprint density at radius 3 is 2.85 bits per heavy atom. The second-order valence-electron chi connectivity index (χ2n) is 5.41. The summed E-state index contributed by atoms with van der Waals surface area (Å²) < 4.78 is 5.52. The number of ether oxygens (including phenoxy) is 1. The summed E-state index contributed by atoms with van der Waals surface area (Å²) in [5.74, 6) is 0. The van der Waals surface area contributed by atoms with Crippen LogP contribution < -0.4 is 5.32 Å². The molecule has 2 unspecified atom stereocenters. The minimum absolute atomic E-state index is 0.361. The van der Waals surface area contributed by atoms with E-state index < -0.39 is 6.10 Å². The Kier molecular flexibility index (Phi) is 8.25. The van der Waals surface area contributed by atoms with Gasteiger partial charge in [-0.15, -0.1) is 11.3 Å². The average Bonchev–Trinajstić information content (AvgIpc) is 2.77. The minimum atomic E-state index is -0.456. The Labute approximate surface area is 126 Å². The van der Waals surface area contributed by atoms with E-state index in [1.165, 1.54) is 4.88 Å². The lowest BCUT2D eigenvalue weighted by Crippen LogP contribution is -2.41. The molecular formula is C14H27N3O2S. The Morgan fingerprint density at radius 1 is 1.50 bits per heavy atom. The zero-order valence-electron chi connectivity index (χ0n) is 12.9. The van der Waals surface area contributed by atoms with Crippen LogP contribution in [0.15, 0.2) is 5.51 Å². The highest BCUT2D eigenvalue weighted by molar-refractivity contribution is 7.09. The highest BCUT2D eigenvalue weighted by Gasteiger charge is 2.08. The quantitative estimate of drug-likeness (QED) is 0.629. The fraction of sp³-hybridized carbons (Fsp3) is 0.786. The number of hydrogen-bond donors (Lipinski definition) is 2.